The molecule has 0 saturated heterocycles. The maximum absolute atomic E-state index is 11.9. The molecule has 0 bridgehead atoms. The number of methoxy groups -OCH3 is 1. The van der Waals surface area contributed by atoms with Crippen LogP contribution >= 0.6 is 11.8 Å². The van der Waals surface area contributed by atoms with Crippen molar-refractivity contribution in [1.29, 1.82) is 0 Å². The van der Waals surface area contributed by atoms with E-state index < -0.39 is 0 Å². The van der Waals surface area contributed by atoms with Crippen molar-refractivity contribution in [3.63, 3.8) is 0 Å². The zero-order chi connectivity index (χ0) is 13.0. The highest BCUT2D eigenvalue weighted by Gasteiger charge is 2.09. The van der Waals surface area contributed by atoms with Crippen molar-refractivity contribution in [2.45, 2.75) is 12.3 Å². The van der Waals surface area contributed by atoms with Crippen LogP contribution in [0.2, 0.25) is 0 Å². The van der Waals surface area contributed by atoms with Gasteiger partial charge in [0.2, 0.25) is 5.89 Å². The van der Waals surface area contributed by atoms with Crippen molar-refractivity contribution in [3.05, 3.63) is 40.4 Å². The molecule has 0 atom stereocenters. The smallest absolute Gasteiger partial charge is 0.293 e. The minimum Gasteiger partial charge on any atom is -0.491 e. The van der Waals surface area contributed by atoms with E-state index in [2.05, 4.69) is 10.1 Å². The summed E-state index contributed by atoms with van der Waals surface area (Å²) in [5.41, 5.74) is -0.218. The van der Waals surface area contributed by atoms with Crippen LogP contribution in [-0.2, 0) is 12.3 Å². The Labute approximate surface area is 108 Å². The fourth-order valence-electron chi connectivity index (χ4n) is 1.48. The minimum atomic E-state index is -0.218. The second kappa shape index (κ2) is 5.72. The number of ether oxygens (including phenoxy) is 1. The summed E-state index contributed by atoms with van der Waals surface area (Å²) in [6, 6.07) is 3.35. The van der Waals surface area contributed by atoms with E-state index in [1.54, 1.807) is 30.1 Å². The number of nitrogens with zero attached hydrogens (tertiary/aromatic N) is 3. The van der Waals surface area contributed by atoms with Crippen LogP contribution in [0.3, 0.4) is 0 Å². The van der Waals surface area contributed by atoms with Gasteiger partial charge in [0.1, 0.15) is 6.54 Å². The summed E-state index contributed by atoms with van der Waals surface area (Å²) < 4.78 is 11.5. The fourth-order valence-corrected chi connectivity index (χ4v) is 1.86. The molecule has 0 radical (unpaired) electrons. The average Bonchev–Trinajstić information content (AvgIpc) is 2.80. The van der Waals surface area contributed by atoms with Crippen molar-refractivity contribution < 1.29 is 9.26 Å². The van der Waals surface area contributed by atoms with Gasteiger partial charge in [-0.25, -0.2) is 0 Å². The minimum absolute atomic E-state index is 0.218. The molecule has 0 unspecified atom stereocenters. The largest absolute Gasteiger partial charge is 0.491 e. The van der Waals surface area contributed by atoms with Crippen molar-refractivity contribution >= 4 is 11.8 Å². The second-order valence-corrected chi connectivity index (χ2v) is 4.41. The second-order valence-electron chi connectivity index (χ2n) is 3.55. The van der Waals surface area contributed by atoms with E-state index in [0.29, 0.717) is 23.2 Å². The van der Waals surface area contributed by atoms with Gasteiger partial charge in [-0.15, -0.1) is 0 Å². The SMILES string of the molecule is COc1cccn(Cc2nc(CSC)no2)c1=O. The number of thioether (sulfide) groups is 1. The molecule has 2 aromatic heterocycles. The van der Waals surface area contributed by atoms with Gasteiger partial charge in [-0.05, 0) is 18.4 Å². The Morgan fingerprint density at radius 3 is 3.11 bits per heavy atom. The third kappa shape index (κ3) is 2.73. The van der Waals surface area contributed by atoms with Crippen molar-refractivity contribution in [1.82, 2.24) is 14.7 Å². The van der Waals surface area contributed by atoms with Crippen molar-refractivity contribution in [2.75, 3.05) is 13.4 Å². The molecule has 2 aromatic rings. The van der Waals surface area contributed by atoms with Crippen LogP contribution in [0.5, 0.6) is 5.75 Å². The Bertz CT molecular complexity index is 579. The number of hydrogen-bond donors (Lipinski definition) is 0. The van der Waals surface area contributed by atoms with Gasteiger partial charge in [-0.1, -0.05) is 5.16 Å². The zero-order valence-electron chi connectivity index (χ0n) is 10.1. The molecule has 0 fully saturated rings. The molecule has 0 aromatic carbocycles. The van der Waals surface area contributed by atoms with Gasteiger partial charge >= 0.3 is 0 Å². The first kappa shape index (κ1) is 12.7. The van der Waals surface area contributed by atoms with E-state index in [1.807, 2.05) is 6.26 Å². The highest BCUT2D eigenvalue weighted by atomic mass is 32.2. The molecule has 0 aliphatic heterocycles. The molecule has 0 spiro atoms. The lowest BCUT2D eigenvalue weighted by molar-refractivity contribution is 0.362. The fraction of sp³-hybridized carbons (Fsp3) is 0.364. The number of aromatic nitrogens is 3. The van der Waals surface area contributed by atoms with Crippen molar-refractivity contribution in [2.24, 2.45) is 0 Å². The summed E-state index contributed by atoms with van der Waals surface area (Å²) in [5, 5.41) is 3.82. The molecular weight excluding hydrogens is 254 g/mol. The molecule has 0 N–H and O–H groups in total. The summed E-state index contributed by atoms with van der Waals surface area (Å²) in [6.07, 6.45) is 3.62. The monoisotopic (exact) mass is 267 g/mol. The van der Waals surface area contributed by atoms with Crippen LogP contribution in [-0.4, -0.2) is 28.1 Å². The van der Waals surface area contributed by atoms with E-state index in [-0.39, 0.29) is 12.1 Å². The van der Waals surface area contributed by atoms with Crippen LogP contribution in [0.1, 0.15) is 11.7 Å². The third-order valence-corrected chi connectivity index (χ3v) is 2.84. The Hall–Kier alpha value is -1.76. The normalized spacial score (nSPS) is 10.6. The molecule has 18 heavy (non-hydrogen) atoms. The number of pyridine rings is 1. The van der Waals surface area contributed by atoms with E-state index in [0.717, 1.165) is 0 Å². The molecule has 0 aliphatic rings. The highest BCUT2D eigenvalue weighted by Crippen LogP contribution is 2.07. The zero-order valence-corrected chi connectivity index (χ0v) is 10.9. The van der Waals surface area contributed by atoms with E-state index in [1.165, 1.54) is 11.7 Å². The predicted octanol–water partition coefficient (Wildman–Crippen LogP) is 1.15. The molecular formula is C11H13N3O3S. The standard InChI is InChI=1S/C11H13N3O3S/c1-16-8-4-3-5-14(11(8)15)6-10-12-9(7-18-2)13-17-10/h3-5H,6-7H2,1-2H3. The molecule has 0 aliphatic carbocycles. The Balaban J connectivity index is 2.20. The van der Waals surface area contributed by atoms with Gasteiger partial charge in [0.25, 0.3) is 5.56 Å². The van der Waals surface area contributed by atoms with Crippen LogP contribution in [0, 0.1) is 0 Å². The summed E-state index contributed by atoms with van der Waals surface area (Å²) in [4.78, 5) is 16.1. The molecule has 2 rings (SSSR count). The average molecular weight is 267 g/mol. The van der Waals surface area contributed by atoms with E-state index in [4.69, 9.17) is 9.26 Å². The van der Waals surface area contributed by atoms with Gasteiger partial charge < -0.3 is 13.8 Å². The van der Waals surface area contributed by atoms with Crippen molar-refractivity contribution in [3.8, 4) is 5.75 Å². The van der Waals surface area contributed by atoms with Gasteiger partial charge in [-0.3, -0.25) is 4.79 Å². The lowest BCUT2D eigenvalue weighted by Gasteiger charge is -2.03. The molecule has 0 saturated carbocycles. The van der Waals surface area contributed by atoms with Crippen LogP contribution < -0.4 is 10.3 Å². The van der Waals surface area contributed by atoms with Gasteiger partial charge in [0, 0.05) is 6.20 Å². The maximum atomic E-state index is 11.9. The van der Waals surface area contributed by atoms with E-state index >= 15 is 0 Å². The maximum Gasteiger partial charge on any atom is 0.293 e. The van der Waals surface area contributed by atoms with Gasteiger partial charge in [-0.2, -0.15) is 16.7 Å². The summed E-state index contributed by atoms with van der Waals surface area (Å²) in [6.45, 7) is 0.247. The third-order valence-electron chi connectivity index (χ3n) is 2.29. The Morgan fingerprint density at radius 2 is 2.39 bits per heavy atom. The number of rotatable bonds is 5. The quantitative estimate of drug-likeness (QED) is 0.809. The topological polar surface area (TPSA) is 70.2 Å². The van der Waals surface area contributed by atoms with Gasteiger partial charge in [0.05, 0.1) is 12.9 Å². The molecule has 7 heteroatoms. The first-order valence-corrected chi connectivity index (χ1v) is 6.68. The lowest BCUT2D eigenvalue weighted by Crippen LogP contribution is -2.21. The van der Waals surface area contributed by atoms with E-state index in [9.17, 15) is 4.79 Å². The van der Waals surface area contributed by atoms with Gasteiger partial charge in [0.15, 0.2) is 11.6 Å². The summed E-state index contributed by atoms with van der Waals surface area (Å²) >= 11 is 1.61. The molecule has 2 heterocycles. The summed E-state index contributed by atoms with van der Waals surface area (Å²) in [5.74, 6) is 2.03. The van der Waals surface area contributed by atoms with Crippen LogP contribution in [0.25, 0.3) is 0 Å². The molecule has 0 amide bonds. The first-order chi connectivity index (χ1) is 8.74. The number of hydrogen-bond acceptors (Lipinski definition) is 6. The highest BCUT2D eigenvalue weighted by molar-refractivity contribution is 7.97. The summed E-state index contributed by atoms with van der Waals surface area (Å²) in [7, 11) is 1.46. The first-order valence-electron chi connectivity index (χ1n) is 5.28. The molecule has 96 valence electrons. The predicted molar refractivity (Wildman–Crippen MR) is 67.9 cm³/mol. The lowest BCUT2D eigenvalue weighted by atomic mass is 10.4. The Morgan fingerprint density at radius 1 is 1.56 bits per heavy atom. The Kier molecular flexibility index (Phi) is 4.03. The van der Waals surface area contributed by atoms with Crippen LogP contribution in [0.4, 0.5) is 0 Å². The molecule has 6 nitrogen and oxygen atoms in total. The van der Waals surface area contributed by atoms with Crippen LogP contribution in [0.15, 0.2) is 27.6 Å².